The average molecular weight is 474 g/mol. The molecule has 0 radical (unpaired) electrons. The van der Waals surface area contributed by atoms with Crippen LogP contribution in [0.2, 0.25) is 0 Å². The summed E-state index contributed by atoms with van der Waals surface area (Å²) in [5.41, 5.74) is 7.89. The van der Waals surface area contributed by atoms with Crippen molar-refractivity contribution in [1.29, 1.82) is 0 Å². The number of hydrogen-bond acceptors (Lipinski definition) is 6. The van der Waals surface area contributed by atoms with E-state index in [1.807, 2.05) is 13.0 Å². The molecule has 0 aliphatic rings. The molecule has 0 bridgehead atoms. The smallest absolute Gasteiger partial charge is 0.280 e. The molecule has 0 aliphatic carbocycles. The third-order valence-electron chi connectivity index (χ3n) is 5.40. The Hall–Kier alpha value is -3.67. The monoisotopic (exact) mass is 473 g/mol. The van der Waals surface area contributed by atoms with Gasteiger partial charge in [-0.25, -0.2) is 13.8 Å². The van der Waals surface area contributed by atoms with Gasteiger partial charge in [0.15, 0.2) is 0 Å². The molecule has 4 aromatic rings. The van der Waals surface area contributed by atoms with Crippen molar-refractivity contribution in [2.75, 3.05) is 5.32 Å². The first kappa shape index (κ1) is 22.5. The maximum atomic E-state index is 13.6. The maximum Gasteiger partial charge on any atom is 0.280 e. The van der Waals surface area contributed by atoms with E-state index in [1.165, 1.54) is 6.07 Å². The van der Waals surface area contributed by atoms with Crippen LogP contribution in [0.15, 0.2) is 24.5 Å². The Morgan fingerprint density at radius 2 is 2.00 bits per heavy atom. The molecule has 0 spiro atoms. The summed E-state index contributed by atoms with van der Waals surface area (Å²) < 4.78 is 30.5. The number of nitrogens with zero attached hydrogens (tertiary/aromatic N) is 5. The molecule has 0 saturated heterocycles. The fraction of sp³-hybridized carbons (Fsp3) is 0.286. The minimum absolute atomic E-state index is 0.0373. The summed E-state index contributed by atoms with van der Waals surface area (Å²) in [4.78, 5) is 29.2. The minimum atomic E-state index is -2.82. The molecule has 0 fully saturated rings. The number of aromatic nitrogens is 5. The predicted octanol–water partition coefficient (Wildman–Crippen LogP) is 3.58. The second-order valence-electron chi connectivity index (χ2n) is 7.51. The fourth-order valence-corrected chi connectivity index (χ4v) is 4.55. The molecule has 4 heterocycles. The molecule has 9 nitrogen and oxygen atoms in total. The molecule has 4 aromatic heterocycles. The number of aryl methyl sites for hydroxylation is 3. The highest BCUT2D eigenvalue weighted by molar-refractivity contribution is 7.21. The van der Waals surface area contributed by atoms with Crippen LogP contribution in [0.5, 0.6) is 0 Å². The lowest BCUT2D eigenvalue weighted by Gasteiger charge is -2.11. The van der Waals surface area contributed by atoms with Crippen LogP contribution in [0.4, 0.5) is 14.5 Å². The van der Waals surface area contributed by atoms with Crippen LogP contribution in [-0.2, 0) is 18.4 Å². The van der Waals surface area contributed by atoms with Crippen LogP contribution in [-0.4, -0.2) is 36.4 Å². The third kappa shape index (κ3) is 4.21. The lowest BCUT2D eigenvalue weighted by atomic mass is 10.0. The van der Waals surface area contributed by atoms with Crippen LogP contribution in [0.3, 0.4) is 0 Å². The summed E-state index contributed by atoms with van der Waals surface area (Å²) in [6.45, 7) is 4.00. The molecule has 0 atom stereocenters. The van der Waals surface area contributed by atoms with E-state index in [-0.39, 0.29) is 27.7 Å². The van der Waals surface area contributed by atoms with Gasteiger partial charge in [0, 0.05) is 48.5 Å². The number of fused-ring (bicyclic) bond motifs is 1. The Labute approximate surface area is 191 Å². The molecule has 0 aliphatic heterocycles. The first-order valence-corrected chi connectivity index (χ1v) is 10.8. The number of rotatable bonds is 7. The van der Waals surface area contributed by atoms with Gasteiger partial charge in [-0.15, -0.1) is 11.3 Å². The molecule has 4 rings (SSSR count). The number of halogens is 2. The Bertz CT molecular complexity index is 1370. The standard InChI is InChI=1S/C21H21F2N7O2S/c1-10-4-6-25-30(10)7-5-15(31)28-17-16-12(13-9-26-29(3)11(13)2)8-14(19(22)23)27-21(16)33-18(17)20(24)32/h4,6,8-9,19H,5,7H2,1-3H3,(H2,24,32)(H,28,31). The lowest BCUT2D eigenvalue weighted by molar-refractivity contribution is -0.116. The quantitative estimate of drug-likeness (QED) is 0.425. The molecule has 172 valence electrons. The van der Waals surface area contributed by atoms with Crippen molar-refractivity contribution in [3.8, 4) is 11.1 Å². The zero-order chi connectivity index (χ0) is 23.9. The lowest BCUT2D eigenvalue weighted by Crippen LogP contribution is -2.18. The topological polar surface area (TPSA) is 121 Å². The van der Waals surface area contributed by atoms with Gasteiger partial charge in [-0.05, 0) is 31.5 Å². The highest BCUT2D eigenvalue weighted by Crippen LogP contribution is 2.43. The summed E-state index contributed by atoms with van der Waals surface area (Å²) in [7, 11) is 1.73. The van der Waals surface area contributed by atoms with Gasteiger partial charge in [0.2, 0.25) is 5.91 Å². The third-order valence-corrected chi connectivity index (χ3v) is 6.50. The van der Waals surface area contributed by atoms with Crippen molar-refractivity contribution < 1.29 is 18.4 Å². The van der Waals surface area contributed by atoms with E-state index in [1.54, 1.807) is 35.7 Å². The fourth-order valence-electron chi connectivity index (χ4n) is 3.54. The number of nitrogens with one attached hydrogen (secondary N) is 1. The number of anilines is 1. The van der Waals surface area contributed by atoms with Crippen molar-refractivity contribution in [1.82, 2.24) is 24.5 Å². The normalized spacial score (nSPS) is 11.5. The Morgan fingerprint density at radius 3 is 2.58 bits per heavy atom. The second-order valence-corrected chi connectivity index (χ2v) is 8.51. The van der Waals surface area contributed by atoms with Gasteiger partial charge in [0.1, 0.15) is 15.4 Å². The van der Waals surface area contributed by atoms with E-state index >= 15 is 0 Å². The van der Waals surface area contributed by atoms with Gasteiger partial charge < -0.3 is 11.1 Å². The largest absolute Gasteiger partial charge is 0.365 e. The van der Waals surface area contributed by atoms with Crippen LogP contribution in [0.1, 0.15) is 39.6 Å². The van der Waals surface area contributed by atoms with Crippen LogP contribution < -0.4 is 11.1 Å². The molecule has 0 saturated carbocycles. The first-order chi connectivity index (χ1) is 15.7. The van der Waals surface area contributed by atoms with Crippen molar-refractivity contribution in [3.05, 3.63) is 46.5 Å². The van der Waals surface area contributed by atoms with Crippen LogP contribution >= 0.6 is 11.3 Å². The van der Waals surface area contributed by atoms with Gasteiger partial charge in [-0.2, -0.15) is 10.2 Å². The first-order valence-electron chi connectivity index (χ1n) is 10.00. The van der Waals surface area contributed by atoms with Crippen molar-refractivity contribution >= 4 is 39.1 Å². The van der Waals surface area contributed by atoms with E-state index in [0.717, 1.165) is 22.7 Å². The van der Waals surface area contributed by atoms with Gasteiger partial charge in [0.05, 0.1) is 11.9 Å². The number of carbonyl (C=O) groups excluding carboxylic acids is 2. The summed E-state index contributed by atoms with van der Waals surface area (Å²) in [6.07, 6.45) is 0.453. The molecule has 12 heteroatoms. The van der Waals surface area contributed by atoms with E-state index in [2.05, 4.69) is 20.5 Å². The number of primary amides is 1. The molecule has 0 unspecified atom stereocenters. The van der Waals surface area contributed by atoms with Crippen molar-refractivity contribution in [3.63, 3.8) is 0 Å². The summed E-state index contributed by atoms with van der Waals surface area (Å²) in [5, 5.41) is 11.5. The summed E-state index contributed by atoms with van der Waals surface area (Å²) in [6, 6.07) is 3.08. The van der Waals surface area contributed by atoms with E-state index in [9.17, 15) is 18.4 Å². The molecule has 2 amide bonds. The molecular formula is C21H21F2N7O2S. The molecule has 3 N–H and O–H groups in total. The van der Waals surface area contributed by atoms with Crippen molar-refractivity contribution in [2.45, 2.75) is 33.2 Å². The number of nitrogens with two attached hydrogens (primary N) is 1. The highest BCUT2D eigenvalue weighted by atomic mass is 32.1. The Kier molecular flexibility index (Phi) is 5.93. The highest BCUT2D eigenvalue weighted by Gasteiger charge is 2.26. The zero-order valence-corrected chi connectivity index (χ0v) is 18.9. The van der Waals surface area contributed by atoms with Gasteiger partial charge >= 0.3 is 0 Å². The molecule has 0 aromatic carbocycles. The number of hydrogen-bond donors (Lipinski definition) is 2. The predicted molar refractivity (Wildman–Crippen MR) is 120 cm³/mol. The van der Waals surface area contributed by atoms with Gasteiger partial charge in [-0.3, -0.25) is 19.0 Å². The number of alkyl halides is 2. The Balaban J connectivity index is 1.83. The number of thiophene rings is 1. The van der Waals surface area contributed by atoms with Crippen LogP contribution in [0, 0.1) is 13.8 Å². The summed E-state index contributed by atoms with van der Waals surface area (Å²) >= 11 is 0.867. The number of pyridine rings is 1. The molecular weight excluding hydrogens is 452 g/mol. The van der Waals surface area contributed by atoms with Crippen molar-refractivity contribution in [2.24, 2.45) is 12.8 Å². The van der Waals surface area contributed by atoms with Gasteiger partial charge in [-0.1, -0.05) is 0 Å². The van der Waals surface area contributed by atoms with E-state index < -0.39 is 18.0 Å². The minimum Gasteiger partial charge on any atom is -0.365 e. The average Bonchev–Trinajstić information content (AvgIpc) is 3.44. The maximum absolute atomic E-state index is 13.6. The second kappa shape index (κ2) is 8.70. The SMILES string of the molecule is Cc1c(-c2cc(C(F)F)nc3sc(C(N)=O)c(NC(=O)CCn4nccc4C)c23)cnn1C. The van der Waals surface area contributed by atoms with E-state index in [4.69, 9.17) is 5.73 Å². The van der Waals surface area contributed by atoms with E-state index in [0.29, 0.717) is 23.1 Å². The molecule has 33 heavy (non-hydrogen) atoms. The summed E-state index contributed by atoms with van der Waals surface area (Å²) in [5.74, 6) is -1.16. The van der Waals surface area contributed by atoms with Crippen LogP contribution in [0.25, 0.3) is 21.3 Å². The Morgan fingerprint density at radius 1 is 1.24 bits per heavy atom. The number of carbonyl (C=O) groups is 2. The number of amides is 2. The zero-order valence-electron chi connectivity index (χ0n) is 18.1. The van der Waals surface area contributed by atoms with Gasteiger partial charge in [0.25, 0.3) is 12.3 Å².